The summed E-state index contributed by atoms with van der Waals surface area (Å²) in [6.07, 6.45) is 3.27. The summed E-state index contributed by atoms with van der Waals surface area (Å²) in [6, 6.07) is 2.95. The first-order valence-corrected chi connectivity index (χ1v) is 6.02. The summed E-state index contributed by atoms with van der Waals surface area (Å²) >= 11 is 5.75. The molecule has 3 rings (SSSR count). The van der Waals surface area contributed by atoms with Crippen molar-refractivity contribution >= 4 is 28.6 Å². The van der Waals surface area contributed by atoms with E-state index >= 15 is 0 Å². The van der Waals surface area contributed by atoms with E-state index in [0.717, 1.165) is 18.4 Å². The fourth-order valence-corrected chi connectivity index (χ4v) is 2.73. The fraction of sp³-hybridized carbons (Fsp3) is 0.417. The molecule has 1 aromatic carbocycles. The van der Waals surface area contributed by atoms with Gasteiger partial charge in [-0.3, -0.25) is 0 Å². The molecular weight excluding hydrogens is 241 g/mol. The maximum Gasteiger partial charge on any atom is 0.201 e. The topological polar surface area (TPSA) is 43.8 Å². The average molecular weight is 254 g/mol. The van der Waals surface area contributed by atoms with Gasteiger partial charge < -0.3 is 10.3 Å². The van der Waals surface area contributed by atoms with E-state index in [9.17, 15) is 4.39 Å². The zero-order chi connectivity index (χ0) is 12.2. The molecule has 1 saturated carbocycles. The van der Waals surface area contributed by atoms with Gasteiger partial charge in [-0.2, -0.15) is 0 Å². The first-order chi connectivity index (χ1) is 8.01. The van der Waals surface area contributed by atoms with Gasteiger partial charge in [-0.25, -0.2) is 9.37 Å². The molecule has 3 nitrogen and oxygen atoms in total. The van der Waals surface area contributed by atoms with Gasteiger partial charge in [0.15, 0.2) is 0 Å². The van der Waals surface area contributed by atoms with E-state index < -0.39 is 5.82 Å². The van der Waals surface area contributed by atoms with Crippen molar-refractivity contribution < 1.29 is 4.39 Å². The monoisotopic (exact) mass is 253 g/mol. The third kappa shape index (κ3) is 1.43. The minimum absolute atomic E-state index is 0.0287. The highest BCUT2D eigenvalue weighted by atomic mass is 35.5. The molecule has 0 amide bonds. The number of aromatic nitrogens is 2. The molecule has 1 aromatic heterocycles. The van der Waals surface area contributed by atoms with Gasteiger partial charge in [0.1, 0.15) is 5.82 Å². The molecule has 0 saturated heterocycles. The average Bonchev–Trinajstić information content (AvgIpc) is 2.52. The Bertz CT molecular complexity index is 601. The lowest BCUT2D eigenvalue weighted by Crippen LogP contribution is -2.37. The Morgan fingerprint density at radius 2 is 2.18 bits per heavy atom. The van der Waals surface area contributed by atoms with E-state index in [2.05, 4.69) is 11.9 Å². The van der Waals surface area contributed by atoms with Crippen LogP contribution >= 0.6 is 11.6 Å². The maximum absolute atomic E-state index is 13.5. The third-order valence-electron chi connectivity index (χ3n) is 3.69. The van der Waals surface area contributed by atoms with Crippen molar-refractivity contribution in [2.45, 2.75) is 31.7 Å². The normalized spacial score (nSPS) is 18.3. The zero-order valence-corrected chi connectivity index (χ0v) is 10.3. The predicted molar refractivity (Wildman–Crippen MR) is 66.6 cm³/mol. The number of nitrogen functional groups attached to an aromatic ring is 1. The van der Waals surface area contributed by atoms with Crippen LogP contribution in [0.5, 0.6) is 0 Å². The molecule has 0 aliphatic heterocycles. The van der Waals surface area contributed by atoms with Crippen LogP contribution in [0.1, 0.15) is 26.2 Å². The van der Waals surface area contributed by atoms with Crippen LogP contribution in [0.4, 0.5) is 10.3 Å². The Morgan fingerprint density at radius 3 is 2.76 bits per heavy atom. The van der Waals surface area contributed by atoms with Gasteiger partial charge in [-0.15, -0.1) is 0 Å². The summed E-state index contributed by atoms with van der Waals surface area (Å²) in [4.78, 5) is 4.25. The Balaban J connectivity index is 2.30. The van der Waals surface area contributed by atoms with Crippen molar-refractivity contribution in [2.24, 2.45) is 0 Å². The second kappa shape index (κ2) is 3.35. The number of benzene rings is 1. The number of imidazole rings is 1. The predicted octanol–water partition coefficient (Wildman–Crippen LogP) is 3.31. The summed E-state index contributed by atoms with van der Waals surface area (Å²) in [5.41, 5.74) is 7.29. The highest BCUT2D eigenvalue weighted by Gasteiger charge is 2.36. The maximum atomic E-state index is 13.5. The van der Waals surface area contributed by atoms with Crippen LogP contribution in [0.2, 0.25) is 5.02 Å². The Labute approximate surface area is 103 Å². The standard InChI is InChI=1S/C12H13ClFN3/c1-12(3-2-4-12)17-10-6-8(14)7(13)5-9(10)16-11(17)15/h5-6H,2-4H2,1H3,(H2,15,16). The summed E-state index contributed by atoms with van der Waals surface area (Å²) in [5, 5.41) is 0.0842. The van der Waals surface area contributed by atoms with E-state index in [1.807, 2.05) is 4.57 Å². The minimum atomic E-state index is -0.428. The van der Waals surface area contributed by atoms with Gasteiger partial charge in [0, 0.05) is 11.6 Å². The summed E-state index contributed by atoms with van der Waals surface area (Å²) in [6.45, 7) is 2.13. The number of anilines is 1. The molecule has 5 heteroatoms. The number of halogens is 2. The zero-order valence-electron chi connectivity index (χ0n) is 9.50. The number of rotatable bonds is 1. The van der Waals surface area contributed by atoms with Crippen molar-refractivity contribution in [2.75, 3.05) is 5.73 Å². The van der Waals surface area contributed by atoms with Gasteiger partial charge in [-0.05, 0) is 32.3 Å². The molecule has 0 spiro atoms. The molecule has 17 heavy (non-hydrogen) atoms. The SMILES string of the molecule is CC1(n2c(N)nc3cc(Cl)c(F)cc32)CCC1. The number of nitrogens with two attached hydrogens (primary N) is 1. The van der Waals surface area contributed by atoms with Crippen LogP contribution in [0.3, 0.4) is 0 Å². The number of nitrogens with zero attached hydrogens (tertiary/aromatic N) is 2. The molecule has 90 valence electrons. The number of fused-ring (bicyclic) bond motifs is 1. The highest BCUT2D eigenvalue weighted by Crippen LogP contribution is 2.42. The van der Waals surface area contributed by atoms with Crippen molar-refractivity contribution in [1.82, 2.24) is 9.55 Å². The second-order valence-corrected chi connectivity index (χ2v) is 5.32. The van der Waals surface area contributed by atoms with Gasteiger partial charge in [0.2, 0.25) is 5.95 Å². The summed E-state index contributed by atoms with van der Waals surface area (Å²) < 4.78 is 15.5. The largest absolute Gasteiger partial charge is 0.369 e. The van der Waals surface area contributed by atoms with Crippen LogP contribution < -0.4 is 5.73 Å². The van der Waals surface area contributed by atoms with Crippen molar-refractivity contribution in [3.63, 3.8) is 0 Å². The Hall–Kier alpha value is -1.29. The molecule has 1 heterocycles. The second-order valence-electron chi connectivity index (χ2n) is 4.91. The highest BCUT2D eigenvalue weighted by molar-refractivity contribution is 6.31. The van der Waals surface area contributed by atoms with E-state index in [0.29, 0.717) is 11.5 Å². The van der Waals surface area contributed by atoms with E-state index in [1.54, 1.807) is 0 Å². The van der Waals surface area contributed by atoms with Crippen LogP contribution in [0.25, 0.3) is 11.0 Å². The van der Waals surface area contributed by atoms with Gasteiger partial charge in [-0.1, -0.05) is 11.6 Å². The third-order valence-corrected chi connectivity index (χ3v) is 3.98. The number of hydrogen-bond acceptors (Lipinski definition) is 2. The van der Waals surface area contributed by atoms with E-state index in [4.69, 9.17) is 17.3 Å². The van der Waals surface area contributed by atoms with Crippen molar-refractivity contribution in [3.8, 4) is 0 Å². The molecule has 2 N–H and O–H groups in total. The van der Waals surface area contributed by atoms with E-state index in [-0.39, 0.29) is 10.6 Å². The molecule has 1 aliphatic rings. The van der Waals surface area contributed by atoms with Gasteiger partial charge >= 0.3 is 0 Å². The Morgan fingerprint density at radius 1 is 1.47 bits per heavy atom. The molecular formula is C12H13ClFN3. The quantitative estimate of drug-likeness (QED) is 0.847. The first-order valence-electron chi connectivity index (χ1n) is 5.65. The molecule has 0 radical (unpaired) electrons. The lowest BCUT2D eigenvalue weighted by molar-refractivity contribution is 0.177. The van der Waals surface area contributed by atoms with Gasteiger partial charge in [0.05, 0.1) is 16.1 Å². The fourth-order valence-electron chi connectivity index (χ4n) is 2.57. The Kier molecular flexibility index (Phi) is 2.14. The molecule has 2 aromatic rings. The molecule has 0 bridgehead atoms. The smallest absolute Gasteiger partial charge is 0.201 e. The summed E-state index contributed by atoms with van der Waals surface area (Å²) in [7, 11) is 0. The summed E-state index contributed by atoms with van der Waals surface area (Å²) in [5.74, 6) is 0.00658. The van der Waals surface area contributed by atoms with E-state index in [1.165, 1.54) is 18.6 Å². The lowest BCUT2D eigenvalue weighted by Gasteiger charge is -2.40. The van der Waals surface area contributed by atoms with Crippen LogP contribution in [-0.2, 0) is 5.54 Å². The van der Waals surface area contributed by atoms with Crippen LogP contribution in [0.15, 0.2) is 12.1 Å². The van der Waals surface area contributed by atoms with Crippen molar-refractivity contribution in [1.29, 1.82) is 0 Å². The van der Waals surface area contributed by atoms with Gasteiger partial charge in [0.25, 0.3) is 0 Å². The molecule has 0 atom stereocenters. The number of hydrogen-bond donors (Lipinski definition) is 1. The molecule has 1 fully saturated rings. The van der Waals surface area contributed by atoms with Crippen LogP contribution in [0, 0.1) is 5.82 Å². The van der Waals surface area contributed by atoms with Crippen molar-refractivity contribution in [3.05, 3.63) is 23.0 Å². The minimum Gasteiger partial charge on any atom is -0.369 e. The molecule has 1 aliphatic carbocycles. The van der Waals surface area contributed by atoms with Crippen LogP contribution in [-0.4, -0.2) is 9.55 Å². The lowest BCUT2D eigenvalue weighted by atomic mass is 9.78. The molecule has 0 unspecified atom stereocenters. The first kappa shape index (κ1) is 10.8.